The molecule has 0 aliphatic carbocycles. The van der Waals surface area contributed by atoms with Crippen LogP contribution in [0.2, 0.25) is 0 Å². The summed E-state index contributed by atoms with van der Waals surface area (Å²) in [6.45, 7) is 1.92. The van der Waals surface area contributed by atoms with Gasteiger partial charge in [-0.25, -0.2) is 10.5 Å². The molecule has 7 heteroatoms. The molecule has 0 saturated carbocycles. The number of nitrogens with zero attached hydrogens (tertiary/aromatic N) is 5. The van der Waals surface area contributed by atoms with Gasteiger partial charge in [0.2, 0.25) is 0 Å². The molecule has 0 radical (unpaired) electrons. The third-order valence-corrected chi connectivity index (χ3v) is 2.48. The minimum Gasteiger partial charge on any atom is -0.378 e. The predicted molar refractivity (Wildman–Crippen MR) is 70.8 cm³/mol. The van der Waals surface area contributed by atoms with Crippen LogP contribution in [0.3, 0.4) is 0 Å². The number of nitrogens with one attached hydrogen (secondary N) is 2. The highest BCUT2D eigenvalue weighted by atomic mass is 15.5. The zero-order valence-electron chi connectivity index (χ0n) is 10.5. The number of aromatic nitrogens is 4. The second-order valence-corrected chi connectivity index (χ2v) is 4.00. The summed E-state index contributed by atoms with van der Waals surface area (Å²) in [5.74, 6) is 0.416. The Morgan fingerprint density at radius 2 is 2.00 bits per heavy atom. The van der Waals surface area contributed by atoms with Crippen LogP contribution < -0.4 is 10.3 Å². The molecule has 1 aromatic heterocycles. The molecule has 2 aromatic rings. The first-order valence-corrected chi connectivity index (χ1v) is 5.48. The van der Waals surface area contributed by atoms with Crippen molar-refractivity contribution in [3.63, 3.8) is 0 Å². The number of rotatable bonds is 4. The fraction of sp³-hybridized carbons (Fsp3) is 0.273. The van der Waals surface area contributed by atoms with E-state index in [4.69, 9.17) is 0 Å². The van der Waals surface area contributed by atoms with E-state index in [9.17, 15) is 0 Å². The van der Waals surface area contributed by atoms with Gasteiger partial charge in [-0.15, -0.1) is 0 Å². The predicted octanol–water partition coefficient (Wildman–Crippen LogP) is 1.10. The van der Waals surface area contributed by atoms with Crippen LogP contribution in [0.15, 0.2) is 29.4 Å². The summed E-state index contributed by atoms with van der Waals surface area (Å²) in [7, 11) is 4.02. The molecule has 1 heterocycles. The van der Waals surface area contributed by atoms with Crippen molar-refractivity contribution in [2.24, 2.45) is 5.10 Å². The highest BCUT2D eigenvalue weighted by Gasteiger charge is 2.00. The number of H-pyrrole nitrogens is 1. The molecule has 94 valence electrons. The highest BCUT2D eigenvalue weighted by molar-refractivity contribution is 5.99. The molecule has 2 rings (SSSR count). The van der Waals surface area contributed by atoms with Crippen molar-refractivity contribution < 1.29 is 0 Å². The minimum absolute atomic E-state index is 0.416. The van der Waals surface area contributed by atoms with Crippen LogP contribution >= 0.6 is 0 Å². The molecule has 0 bridgehead atoms. The molecule has 0 aliphatic rings. The third kappa shape index (κ3) is 2.82. The highest BCUT2D eigenvalue weighted by Crippen LogP contribution is 2.12. The van der Waals surface area contributed by atoms with Gasteiger partial charge in [-0.3, -0.25) is 0 Å². The largest absolute Gasteiger partial charge is 0.378 e. The van der Waals surface area contributed by atoms with Gasteiger partial charge in [0.25, 0.3) is 5.95 Å². The fourth-order valence-electron chi connectivity index (χ4n) is 1.41. The van der Waals surface area contributed by atoms with Crippen LogP contribution in [0.4, 0.5) is 11.6 Å². The Balaban J connectivity index is 2.08. The molecule has 0 spiro atoms. The Morgan fingerprint density at radius 3 is 2.56 bits per heavy atom. The first-order valence-electron chi connectivity index (χ1n) is 5.48. The zero-order chi connectivity index (χ0) is 13.0. The van der Waals surface area contributed by atoms with Crippen molar-refractivity contribution in [3.8, 4) is 0 Å². The maximum Gasteiger partial charge on any atom is 0.260 e. The Kier molecular flexibility index (Phi) is 3.52. The normalized spacial score (nSPS) is 11.4. The van der Waals surface area contributed by atoms with Gasteiger partial charge < -0.3 is 4.90 Å². The summed E-state index contributed by atoms with van der Waals surface area (Å²) in [4.78, 5) is 2.05. The monoisotopic (exact) mass is 245 g/mol. The third-order valence-electron chi connectivity index (χ3n) is 2.48. The van der Waals surface area contributed by atoms with E-state index in [1.54, 1.807) is 0 Å². The Labute approximate surface area is 105 Å². The first-order chi connectivity index (χ1) is 8.66. The van der Waals surface area contributed by atoms with Gasteiger partial charge >= 0.3 is 0 Å². The van der Waals surface area contributed by atoms with Gasteiger partial charge in [0.05, 0.1) is 5.71 Å². The molecule has 0 unspecified atom stereocenters. The van der Waals surface area contributed by atoms with Gasteiger partial charge in [0.1, 0.15) is 0 Å². The molecule has 0 amide bonds. The van der Waals surface area contributed by atoms with Crippen molar-refractivity contribution in [2.75, 3.05) is 24.4 Å². The second-order valence-electron chi connectivity index (χ2n) is 4.00. The number of hydrogen-bond donors (Lipinski definition) is 2. The van der Waals surface area contributed by atoms with E-state index in [0.29, 0.717) is 5.95 Å². The molecule has 0 atom stereocenters. The molecule has 0 aliphatic heterocycles. The van der Waals surface area contributed by atoms with Gasteiger partial charge in [0, 0.05) is 19.8 Å². The number of tetrazole rings is 1. The first kappa shape index (κ1) is 12.0. The van der Waals surface area contributed by atoms with Crippen molar-refractivity contribution in [3.05, 3.63) is 29.8 Å². The number of hydrogen-bond acceptors (Lipinski definition) is 6. The molecule has 7 nitrogen and oxygen atoms in total. The van der Waals surface area contributed by atoms with Crippen LogP contribution in [0.25, 0.3) is 0 Å². The molecule has 1 aromatic carbocycles. The van der Waals surface area contributed by atoms with E-state index >= 15 is 0 Å². The molecular formula is C11H15N7. The molecule has 0 fully saturated rings. The number of hydrazone groups is 1. The quantitative estimate of drug-likeness (QED) is 0.622. The van der Waals surface area contributed by atoms with Gasteiger partial charge in [-0.05, 0) is 35.0 Å². The summed E-state index contributed by atoms with van der Waals surface area (Å²) in [6, 6.07) is 8.14. The average molecular weight is 245 g/mol. The maximum atomic E-state index is 4.19. The molecular weight excluding hydrogens is 230 g/mol. The van der Waals surface area contributed by atoms with E-state index in [0.717, 1.165) is 17.0 Å². The molecule has 0 saturated heterocycles. The SMILES string of the molecule is C/C(=N\Nc1nnn[nH]1)c1ccc(N(C)C)cc1. The zero-order valence-corrected chi connectivity index (χ0v) is 10.5. The lowest BCUT2D eigenvalue weighted by Crippen LogP contribution is -2.08. The summed E-state index contributed by atoms with van der Waals surface area (Å²) < 4.78 is 0. The van der Waals surface area contributed by atoms with Crippen molar-refractivity contribution >= 4 is 17.3 Å². The van der Waals surface area contributed by atoms with E-state index in [1.807, 2.05) is 45.3 Å². The number of benzene rings is 1. The van der Waals surface area contributed by atoms with Crippen LogP contribution in [0.5, 0.6) is 0 Å². The number of aromatic amines is 1. The van der Waals surface area contributed by atoms with Crippen LogP contribution in [-0.2, 0) is 0 Å². The van der Waals surface area contributed by atoms with Crippen molar-refractivity contribution in [2.45, 2.75) is 6.92 Å². The van der Waals surface area contributed by atoms with E-state index in [2.05, 4.69) is 36.1 Å². The topological polar surface area (TPSA) is 82.1 Å². The molecule has 18 heavy (non-hydrogen) atoms. The van der Waals surface area contributed by atoms with Crippen LogP contribution in [0, 0.1) is 0 Å². The van der Waals surface area contributed by atoms with Crippen LogP contribution in [-0.4, -0.2) is 40.4 Å². The van der Waals surface area contributed by atoms with E-state index in [-0.39, 0.29) is 0 Å². The van der Waals surface area contributed by atoms with E-state index < -0.39 is 0 Å². The summed E-state index contributed by atoms with van der Waals surface area (Å²) in [5, 5.41) is 17.3. The van der Waals surface area contributed by atoms with Gasteiger partial charge in [-0.1, -0.05) is 17.2 Å². The Hall–Kier alpha value is -2.44. The van der Waals surface area contributed by atoms with Gasteiger partial charge in [-0.2, -0.15) is 5.10 Å². The minimum atomic E-state index is 0.416. The smallest absolute Gasteiger partial charge is 0.260 e. The van der Waals surface area contributed by atoms with E-state index in [1.165, 1.54) is 0 Å². The average Bonchev–Trinajstić information content (AvgIpc) is 2.89. The van der Waals surface area contributed by atoms with Gasteiger partial charge in [0.15, 0.2) is 0 Å². The van der Waals surface area contributed by atoms with Crippen molar-refractivity contribution in [1.29, 1.82) is 0 Å². The summed E-state index contributed by atoms with van der Waals surface area (Å²) in [6.07, 6.45) is 0. The lowest BCUT2D eigenvalue weighted by molar-refractivity contribution is 0.881. The summed E-state index contributed by atoms with van der Waals surface area (Å²) >= 11 is 0. The lowest BCUT2D eigenvalue weighted by atomic mass is 10.1. The second kappa shape index (κ2) is 5.26. The number of anilines is 2. The Bertz CT molecular complexity index is 513. The standard InChI is InChI=1S/C11H15N7/c1-8(12-13-11-14-16-17-15-11)9-4-6-10(7-5-9)18(2)3/h4-7H,1-3H3,(H2,13,14,15,16,17)/b12-8+. The fourth-order valence-corrected chi connectivity index (χ4v) is 1.41. The Morgan fingerprint density at radius 1 is 1.28 bits per heavy atom. The maximum absolute atomic E-state index is 4.19. The van der Waals surface area contributed by atoms with Crippen LogP contribution in [0.1, 0.15) is 12.5 Å². The lowest BCUT2D eigenvalue weighted by Gasteiger charge is -2.12. The molecule has 2 N–H and O–H groups in total. The summed E-state index contributed by atoms with van der Waals surface area (Å²) in [5.41, 5.74) is 5.80. The van der Waals surface area contributed by atoms with Crippen molar-refractivity contribution in [1.82, 2.24) is 20.6 Å².